The van der Waals surface area contributed by atoms with E-state index in [2.05, 4.69) is 0 Å². The van der Waals surface area contributed by atoms with Gasteiger partial charge in [0.05, 0.1) is 6.10 Å². The Morgan fingerprint density at radius 3 is 2.43 bits per heavy atom. The van der Waals surface area contributed by atoms with Gasteiger partial charge in [0, 0.05) is 25.1 Å². The first kappa shape index (κ1) is 20.0. The molecule has 2 unspecified atom stereocenters. The number of hydrogen-bond donors (Lipinski definition) is 2. The maximum atomic E-state index is 12.7. The molecule has 0 radical (unpaired) electrons. The van der Waals surface area contributed by atoms with Crippen LogP contribution < -0.4 is 0 Å². The summed E-state index contributed by atoms with van der Waals surface area (Å²) in [7, 11) is 0. The van der Waals surface area contributed by atoms with Gasteiger partial charge in [-0.25, -0.2) is 4.79 Å². The van der Waals surface area contributed by atoms with Crippen LogP contribution in [0.25, 0.3) is 0 Å². The van der Waals surface area contributed by atoms with Crippen molar-refractivity contribution in [3.05, 3.63) is 0 Å². The first-order valence-corrected chi connectivity index (χ1v) is 9.07. The molecule has 0 aromatic heterocycles. The van der Waals surface area contributed by atoms with Crippen LogP contribution in [0.4, 0.5) is 0 Å². The van der Waals surface area contributed by atoms with Crippen LogP contribution in [-0.2, 0) is 14.4 Å². The highest BCUT2D eigenvalue weighted by molar-refractivity contribution is 8.13. The minimum atomic E-state index is -0.976. The smallest absolute Gasteiger partial charge is 0.326 e. The van der Waals surface area contributed by atoms with Gasteiger partial charge in [0.15, 0.2) is 5.12 Å². The molecule has 0 spiro atoms. The van der Waals surface area contributed by atoms with Crippen molar-refractivity contribution in [1.29, 1.82) is 0 Å². The molecule has 1 amide bonds. The Kier molecular flexibility index (Phi) is 8.05. The van der Waals surface area contributed by atoms with Gasteiger partial charge >= 0.3 is 5.97 Å². The van der Waals surface area contributed by atoms with Crippen molar-refractivity contribution < 1.29 is 24.6 Å². The highest BCUT2D eigenvalue weighted by Gasteiger charge is 2.37. The van der Waals surface area contributed by atoms with E-state index >= 15 is 0 Å². The van der Waals surface area contributed by atoms with Gasteiger partial charge in [0.2, 0.25) is 5.91 Å². The van der Waals surface area contributed by atoms with Gasteiger partial charge in [-0.2, -0.15) is 0 Å². The average Bonchev–Trinajstić information content (AvgIpc) is 2.95. The van der Waals surface area contributed by atoms with Crippen LogP contribution in [0, 0.1) is 11.8 Å². The SMILES string of the molecule is CC(=O)SCC(CCC(O)C(C)C)C(=O)N1CCC[C@H]1C(=O)O. The van der Waals surface area contributed by atoms with E-state index in [9.17, 15) is 24.6 Å². The Bertz CT molecular complexity index is 440. The average molecular weight is 345 g/mol. The van der Waals surface area contributed by atoms with E-state index in [-0.39, 0.29) is 16.9 Å². The minimum Gasteiger partial charge on any atom is -0.480 e. The Morgan fingerprint density at radius 1 is 1.26 bits per heavy atom. The Hall–Kier alpha value is -1.08. The number of amides is 1. The van der Waals surface area contributed by atoms with Crippen molar-refractivity contribution >= 4 is 28.8 Å². The van der Waals surface area contributed by atoms with E-state index in [1.165, 1.54) is 11.8 Å². The second kappa shape index (κ2) is 9.27. The fourth-order valence-electron chi connectivity index (χ4n) is 2.72. The molecule has 1 aliphatic rings. The van der Waals surface area contributed by atoms with Gasteiger partial charge in [0.1, 0.15) is 6.04 Å². The fraction of sp³-hybridized carbons (Fsp3) is 0.812. The maximum Gasteiger partial charge on any atom is 0.326 e. The summed E-state index contributed by atoms with van der Waals surface area (Å²) in [6, 6.07) is -0.762. The number of carboxylic acid groups (broad SMARTS) is 1. The zero-order chi connectivity index (χ0) is 17.6. The lowest BCUT2D eigenvalue weighted by molar-refractivity contribution is -0.149. The molecule has 1 fully saturated rings. The molecule has 6 nitrogen and oxygen atoms in total. The molecule has 0 aliphatic carbocycles. The fourth-order valence-corrected chi connectivity index (χ4v) is 3.47. The van der Waals surface area contributed by atoms with Crippen molar-refractivity contribution in [1.82, 2.24) is 4.90 Å². The molecule has 0 saturated carbocycles. The number of nitrogens with zero attached hydrogens (tertiary/aromatic N) is 1. The van der Waals surface area contributed by atoms with Crippen molar-refractivity contribution in [2.24, 2.45) is 11.8 Å². The van der Waals surface area contributed by atoms with Crippen LogP contribution >= 0.6 is 11.8 Å². The molecule has 0 aromatic rings. The summed E-state index contributed by atoms with van der Waals surface area (Å²) in [5.74, 6) is -1.18. The van der Waals surface area contributed by atoms with Gasteiger partial charge in [-0.15, -0.1) is 0 Å². The first-order valence-electron chi connectivity index (χ1n) is 8.08. The van der Waals surface area contributed by atoms with E-state index in [0.29, 0.717) is 38.0 Å². The van der Waals surface area contributed by atoms with Gasteiger partial charge in [-0.3, -0.25) is 9.59 Å². The lowest BCUT2D eigenvalue weighted by Gasteiger charge is -2.27. The standard InChI is InChI=1S/C16H27NO5S/c1-10(2)14(19)7-6-12(9-23-11(3)18)15(20)17-8-4-5-13(17)16(21)22/h10,12-14,19H,4-9H2,1-3H3,(H,21,22)/t12?,13-,14?/m0/s1. The van der Waals surface area contributed by atoms with Gasteiger partial charge < -0.3 is 15.1 Å². The molecular formula is C16H27NO5S. The number of aliphatic carboxylic acids is 1. The van der Waals surface area contributed by atoms with E-state index in [1.807, 2.05) is 13.8 Å². The topological polar surface area (TPSA) is 94.9 Å². The van der Waals surface area contributed by atoms with Gasteiger partial charge in [0.25, 0.3) is 0 Å². The molecule has 132 valence electrons. The van der Waals surface area contributed by atoms with Crippen LogP contribution in [0.15, 0.2) is 0 Å². The second-order valence-electron chi connectivity index (χ2n) is 6.42. The van der Waals surface area contributed by atoms with E-state index in [1.54, 1.807) is 0 Å². The van der Waals surface area contributed by atoms with Crippen LogP contribution in [0.3, 0.4) is 0 Å². The molecule has 3 atom stereocenters. The monoisotopic (exact) mass is 345 g/mol. The number of aliphatic hydroxyl groups excluding tert-OH is 1. The second-order valence-corrected chi connectivity index (χ2v) is 7.61. The van der Waals surface area contributed by atoms with Crippen molar-refractivity contribution in [3.63, 3.8) is 0 Å². The quantitative estimate of drug-likeness (QED) is 0.696. The molecule has 23 heavy (non-hydrogen) atoms. The van der Waals surface area contributed by atoms with Crippen molar-refractivity contribution in [3.8, 4) is 0 Å². The summed E-state index contributed by atoms with van der Waals surface area (Å²) in [5.41, 5.74) is 0. The lowest BCUT2D eigenvalue weighted by atomic mass is 9.96. The normalized spacial score (nSPS) is 20.6. The van der Waals surface area contributed by atoms with Crippen molar-refractivity contribution in [2.45, 2.75) is 58.6 Å². The summed E-state index contributed by atoms with van der Waals surface area (Å²) < 4.78 is 0. The first-order chi connectivity index (χ1) is 10.7. The van der Waals surface area contributed by atoms with Crippen LogP contribution in [0.1, 0.15) is 46.5 Å². The van der Waals surface area contributed by atoms with Crippen LogP contribution in [0.2, 0.25) is 0 Å². The summed E-state index contributed by atoms with van der Waals surface area (Å²) in [5, 5.41) is 19.1. The third kappa shape index (κ3) is 6.14. The van der Waals surface area contributed by atoms with Gasteiger partial charge in [-0.05, 0) is 31.6 Å². The van der Waals surface area contributed by atoms with Crippen LogP contribution in [-0.4, -0.2) is 56.5 Å². The largest absolute Gasteiger partial charge is 0.480 e. The summed E-state index contributed by atoms with van der Waals surface area (Å²) in [6.07, 6.45) is 1.59. The number of hydrogen-bond acceptors (Lipinski definition) is 5. The molecule has 1 rings (SSSR count). The summed E-state index contributed by atoms with van der Waals surface area (Å²) in [4.78, 5) is 36.6. The number of thioether (sulfide) groups is 1. The number of rotatable bonds is 8. The third-order valence-corrected chi connectivity index (χ3v) is 5.21. The summed E-state index contributed by atoms with van der Waals surface area (Å²) in [6.45, 7) is 5.72. The molecule has 1 heterocycles. The predicted molar refractivity (Wildman–Crippen MR) is 89.1 cm³/mol. The predicted octanol–water partition coefficient (Wildman–Crippen LogP) is 1.76. The Morgan fingerprint density at radius 2 is 1.91 bits per heavy atom. The molecule has 2 N–H and O–H groups in total. The molecule has 1 saturated heterocycles. The Balaban J connectivity index is 2.74. The number of carboxylic acids is 1. The van der Waals surface area contributed by atoms with E-state index in [4.69, 9.17) is 0 Å². The molecule has 0 aromatic carbocycles. The van der Waals surface area contributed by atoms with Gasteiger partial charge in [-0.1, -0.05) is 25.6 Å². The highest BCUT2D eigenvalue weighted by atomic mass is 32.2. The summed E-state index contributed by atoms with van der Waals surface area (Å²) >= 11 is 1.08. The zero-order valence-corrected chi connectivity index (χ0v) is 14.8. The lowest BCUT2D eigenvalue weighted by Crippen LogP contribution is -2.44. The number of likely N-dealkylation sites (tertiary alicyclic amines) is 1. The Labute approximate surface area is 141 Å². The maximum absolute atomic E-state index is 12.7. The minimum absolute atomic E-state index is 0.0663. The molecule has 7 heteroatoms. The van der Waals surface area contributed by atoms with Crippen molar-refractivity contribution in [2.75, 3.05) is 12.3 Å². The number of aliphatic hydroxyl groups is 1. The molecule has 0 bridgehead atoms. The molecule has 1 aliphatic heterocycles. The highest BCUT2D eigenvalue weighted by Crippen LogP contribution is 2.25. The number of carbonyl (C=O) groups excluding carboxylic acids is 2. The van der Waals surface area contributed by atoms with Crippen LogP contribution in [0.5, 0.6) is 0 Å². The third-order valence-electron chi connectivity index (χ3n) is 4.24. The molecular weight excluding hydrogens is 318 g/mol. The number of carbonyl (C=O) groups is 3. The van der Waals surface area contributed by atoms with E-state index < -0.39 is 24.0 Å². The zero-order valence-electron chi connectivity index (χ0n) is 14.0. The van der Waals surface area contributed by atoms with E-state index in [0.717, 1.165) is 11.8 Å².